The number of halogens is 4. The molecule has 0 saturated heterocycles. The van der Waals surface area contributed by atoms with Crippen LogP contribution in [0.4, 0.5) is 17.6 Å². The fourth-order valence-corrected chi connectivity index (χ4v) is 4.32. The van der Waals surface area contributed by atoms with Gasteiger partial charge in [-0.2, -0.15) is 18.4 Å². The first-order chi connectivity index (χ1) is 19.0. The van der Waals surface area contributed by atoms with Crippen LogP contribution >= 0.6 is 0 Å². The number of nitrogens with zero attached hydrogens (tertiary/aromatic N) is 2. The molecule has 40 heavy (non-hydrogen) atoms. The van der Waals surface area contributed by atoms with Crippen molar-refractivity contribution in [1.82, 2.24) is 10.3 Å². The molecule has 0 fully saturated rings. The number of hydrogen-bond donors (Lipinski definition) is 2. The molecule has 0 bridgehead atoms. The summed E-state index contributed by atoms with van der Waals surface area (Å²) in [7, 11) is 0. The predicted octanol–water partition coefficient (Wildman–Crippen LogP) is 6.74. The Morgan fingerprint density at radius 1 is 0.975 bits per heavy atom. The van der Waals surface area contributed by atoms with Crippen LogP contribution in [0, 0.1) is 17.1 Å². The van der Waals surface area contributed by atoms with Crippen molar-refractivity contribution >= 4 is 22.8 Å². The number of carbonyl (C=O) groups excluding carboxylic acids is 1. The van der Waals surface area contributed by atoms with Crippen molar-refractivity contribution in [3.05, 3.63) is 101 Å². The van der Waals surface area contributed by atoms with E-state index in [-0.39, 0.29) is 23.1 Å². The lowest BCUT2D eigenvalue weighted by Crippen LogP contribution is -2.38. The summed E-state index contributed by atoms with van der Waals surface area (Å²) in [6, 6.07) is 16.2. The number of carboxylic acids is 1. The van der Waals surface area contributed by atoms with E-state index < -0.39 is 29.9 Å². The molecule has 4 rings (SSSR count). The van der Waals surface area contributed by atoms with Crippen molar-refractivity contribution in [3.63, 3.8) is 0 Å². The molecule has 1 aromatic heterocycles. The Morgan fingerprint density at radius 2 is 1.68 bits per heavy atom. The zero-order chi connectivity index (χ0) is 28.9. The number of carbonyl (C=O) groups is 2. The summed E-state index contributed by atoms with van der Waals surface area (Å²) >= 11 is 0. The van der Waals surface area contributed by atoms with E-state index in [0.717, 1.165) is 17.7 Å². The van der Waals surface area contributed by atoms with E-state index in [4.69, 9.17) is 10.4 Å². The van der Waals surface area contributed by atoms with Crippen molar-refractivity contribution in [2.45, 2.75) is 37.9 Å². The lowest BCUT2D eigenvalue weighted by atomic mass is 9.97. The monoisotopic (exact) mass is 549 g/mol. The molecule has 1 amide bonds. The molecule has 1 atom stereocenters. The van der Waals surface area contributed by atoms with Gasteiger partial charge in [0.2, 0.25) is 0 Å². The fraction of sp³-hybridized carbons (Fsp3) is 0.200. The highest BCUT2D eigenvalue weighted by Crippen LogP contribution is 2.33. The molecule has 204 valence electrons. The molecule has 0 radical (unpaired) electrons. The van der Waals surface area contributed by atoms with Gasteiger partial charge < -0.3 is 10.4 Å². The van der Waals surface area contributed by atoms with Crippen LogP contribution in [0.1, 0.15) is 52.4 Å². The number of nitriles is 1. The van der Waals surface area contributed by atoms with Crippen molar-refractivity contribution in [2.24, 2.45) is 0 Å². The second-order valence-corrected chi connectivity index (χ2v) is 9.19. The number of unbranched alkanes of at least 4 members (excludes halogenated alkanes) is 1. The van der Waals surface area contributed by atoms with E-state index in [0.29, 0.717) is 41.4 Å². The fourth-order valence-electron chi connectivity index (χ4n) is 4.32. The molecule has 0 saturated carbocycles. The quantitative estimate of drug-likeness (QED) is 0.178. The number of aromatic nitrogens is 1. The van der Waals surface area contributed by atoms with Crippen LogP contribution < -0.4 is 5.32 Å². The van der Waals surface area contributed by atoms with Crippen LogP contribution in [0.2, 0.25) is 0 Å². The van der Waals surface area contributed by atoms with E-state index in [1.54, 1.807) is 18.2 Å². The first-order valence-electron chi connectivity index (χ1n) is 12.3. The Kier molecular flexibility index (Phi) is 8.43. The molecule has 10 heteroatoms. The smallest absolute Gasteiger partial charge is 0.412 e. The summed E-state index contributed by atoms with van der Waals surface area (Å²) < 4.78 is 55.1. The number of rotatable bonds is 9. The van der Waals surface area contributed by atoms with Gasteiger partial charge in [-0.1, -0.05) is 12.1 Å². The summed E-state index contributed by atoms with van der Waals surface area (Å²) in [5, 5.41) is 20.4. The maximum atomic E-state index is 13.8. The molecule has 2 N–H and O–H groups in total. The summed E-state index contributed by atoms with van der Waals surface area (Å²) in [6.45, 7) is 0. The Labute approximate surface area is 226 Å². The van der Waals surface area contributed by atoms with Gasteiger partial charge in [-0.05, 0) is 91.1 Å². The number of aryl methyl sites for hydroxylation is 1. The van der Waals surface area contributed by atoms with E-state index in [2.05, 4.69) is 4.98 Å². The zero-order valence-electron chi connectivity index (χ0n) is 21.0. The van der Waals surface area contributed by atoms with Gasteiger partial charge in [0.25, 0.3) is 5.91 Å². The van der Waals surface area contributed by atoms with Gasteiger partial charge in [0.05, 0.1) is 22.8 Å². The van der Waals surface area contributed by atoms with Crippen LogP contribution in [0.3, 0.4) is 0 Å². The molecule has 0 aliphatic rings. The van der Waals surface area contributed by atoms with Gasteiger partial charge in [-0.15, -0.1) is 0 Å². The maximum Gasteiger partial charge on any atom is 0.412 e. The number of aliphatic carboxylic acids is 1. The van der Waals surface area contributed by atoms with E-state index in [1.807, 2.05) is 11.4 Å². The summed E-state index contributed by atoms with van der Waals surface area (Å²) in [5.41, 5.74) is 2.39. The predicted molar refractivity (Wildman–Crippen MR) is 140 cm³/mol. The average molecular weight is 550 g/mol. The van der Waals surface area contributed by atoms with Crippen LogP contribution in [0.5, 0.6) is 0 Å². The molecule has 1 heterocycles. The van der Waals surface area contributed by atoms with Gasteiger partial charge in [-0.25, -0.2) is 9.37 Å². The minimum absolute atomic E-state index is 0.00315. The first-order valence-corrected chi connectivity index (χ1v) is 12.3. The van der Waals surface area contributed by atoms with Crippen molar-refractivity contribution < 1.29 is 32.3 Å². The topological polar surface area (TPSA) is 103 Å². The summed E-state index contributed by atoms with van der Waals surface area (Å²) in [6.07, 6.45) is -3.38. The molecule has 3 aromatic carbocycles. The van der Waals surface area contributed by atoms with Gasteiger partial charge in [-0.3, -0.25) is 9.59 Å². The Bertz CT molecular complexity index is 1580. The molecule has 0 spiro atoms. The largest absolute Gasteiger partial charge is 0.481 e. The third-order valence-electron chi connectivity index (χ3n) is 6.34. The van der Waals surface area contributed by atoms with Crippen LogP contribution in [-0.2, 0) is 11.2 Å². The normalized spacial score (nSPS) is 12.1. The van der Waals surface area contributed by atoms with E-state index >= 15 is 0 Å². The van der Waals surface area contributed by atoms with Gasteiger partial charge in [0, 0.05) is 22.9 Å². The standard InChI is InChI=1S/C30H23F4N3O3/c31-24-12-9-19(10-13-24)27-21(3-1-2-4-26(38)39)15-23-16-22(11-14-25(23)36-27)29(40)37-28(30(32,33)34)20-7-5-18(17-35)6-8-20/h5-16,28H,1-4H2,(H,37,40)(H,38,39). The number of fused-ring (bicyclic) bond motifs is 1. The Hall–Kier alpha value is -4.78. The number of nitrogens with one attached hydrogen (secondary N) is 1. The van der Waals surface area contributed by atoms with Crippen LogP contribution in [0.25, 0.3) is 22.2 Å². The molecule has 1 unspecified atom stereocenters. The Morgan fingerprint density at radius 3 is 2.30 bits per heavy atom. The molecule has 0 aliphatic heterocycles. The third-order valence-corrected chi connectivity index (χ3v) is 6.34. The molecular formula is C30H23F4N3O3. The SMILES string of the molecule is N#Cc1ccc(C(NC(=O)c2ccc3nc(-c4ccc(F)cc4)c(CCCCC(=O)O)cc3c2)C(F)(F)F)cc1. The maximum absolute atomic E-state index is 13.8. The average Bonchev–Trinajstić information content (AvgIpc) is 2.93. The zero-order valence-corrected chi connectivity index (χ0v) is 21.0. The van der Waals surface area contributed by atoms with Gasteiger partial charge >= 0.3 is 12.1 Å². The van der Waals surface area contributed by atoms with Gasteiger partial charge in [0.1, 0.15) is 5.82 Å². The van der Waals surface area contributed by atoms with Crippen LogP contribution in [-0.4, -0.2) is 28.1 Å². The molecule has 0 aliphatic carbocycles. The number of pyridine rings is 1. The number of benzene rings is 3. The lowest BCUT2D eigenvalue weighted by Gasteiger charge is -2.22. The lowest BCUT2D eigenvalue weighted by molar-refractivity contribution is -0.155. The second kappa shape index (κ2) is 11.9. The van der Waals surface area contributed by atoms with Crippen molar-refractivity contribution in [1.29, 1.82) is 5.26 Å². The van der Waals surface area contributed by atoms with Crippen molar-refractivity contribution in [3.8, 4) is 17.3 Å². The highest BCUT2D eigenvalue weighted by molar-refractivity contribution is 5.98. The molecular weight excluding hydrogens is 526 g/mol. The highest BCUT2D eigenvalue weighted by atomic mass is 19.4. The minimum Gasteiger partial charge on any atom is -0.481 e. The number of amides is 1. The number of carboxylic acid groups (broad SMARTS) is 1. The van der Waals surface area contributed by atoms with Crippen LogP contribution in [0.15, 0.2) is 72.8 Å². The first kappa shape index (κ1) is 28.2. The van der Waals surface area contributed by atoms with E-state index in [9.17, 15) is 27.2 Å². The number of alkyl halides is 3. The highest BCUT2D eigenvalue weighted by Gasteiger charge is 2.42. The minimum atomic E-state index is -4.78. The third kappa shape index (κ3) is 6.80. The van der Waals surface area contributed by atoms with Gasteiger partial charge in [0.15, 0.2) is 6.04 Å². The van der Waals surface area contributed by atoms with E-state index in [1.165, 1.54) is 42.5 Å². The second-order valence-electron chi connectivity index (χ2n) is 9.19. The number of hydrogen-bond acceptors (Lipinski definition) is 4. The molecule has 6 nitrogen and oxygen atoms in total. The molecule has 4 aromatic rings. The Balaban J connectivity index is 1.66. The summed E-state index contributed by atoms with van der Waals surface area (Å²) in [4.78, 5) is 28.5. The van der Waals surface area contributed by atoms with Crippen molar-refractivity contribution in [2.75, 3.05) is 0 Å². The summed E-state index contributed by atoms with van der Waals surface area (Å²) in [5.74, 6) is -2.27.